The van der Waals surface area contributed by atoms with Gasteiger partial charge in [0.25, 0.3) is 11.8 Å². The number of hydrogen-bond donors (Lipinski definition) is 1. The molecule has 0 aromatic heterocycles. The first kappa shape index (κ1) is 18.4. The molecule has 2 fully saturated rings. The van der Waals surface area contributed by atoms with Crippen LogP contribution in [0.4, 0.5) is 0 Å². The first-order valence-corrected chi connectivity index (χ1v) is 10.4. The number of carbonyl (C=O) groups excluding carboxylic acids is 2. The molecule has 0 aliphatic carbocycles. The second-order valence-corrected chi connectivity index (χ2v) is 8.23. The van der Waals surface area contributed by atoms with Crippen molar-refractivity contribution in [2.45, 2.75) is 24.9 Å². The van der Waals surface area contributed by atoms with Crippen molar-refractivity contribution in [3.05, 3.63) is 76.4 Å². The van der Waals surface area contributed by atoms with Crippen LogP contribution in [0.15, 0.2) is 60.3 Å². The highest BCUT2D eigenvalue weighted by Crippen LogP contribution is 2.51. The summed E-state index contributed by atoms with van der Waals surface area (Å²) in [5.41, 5.74) is 2.30. The molecule has 3 aliphatic heterocycles. The van der Waals surface area contributed by atoms with E-state index in [0.717, 1.165) is 43.5 Å². The fourth-order valence-corrected chi connectivity index (χ4v) is 5.21. The van der Waals surface area contributed by atoms with Crippen LogP contribution in [0.5, 0.6) is 0 Å². The molecule has 1 unspecified atom stereocenters. The van der Waals surface area contributed by atoms with E-state index in [2.05, 4.69) is 10.2 Å². The van der Waals surface area contributed by atoms with Crippen LogP contribution in [-0.2, 0) is 4.79 Å². The average Bonchev–Trinajstić information content (AvgIpc) is 3.28. The lowest BCUT2D eigenvalue weighted by Gasteiger charge is -2.48. The number of halogens is 1. The number of hydrogen-bond acceptors (Lipinski definition) is 3. The average molecular weight is 408 g/mol. The maximum Gasteiger partial charge on any atom is 0.272 e. The highest BCUT2D eigenvalue weighted by molar-refractivity contribution is 6.30. The Labute approximate surface area is 174 Å². The fraction of sp³-hybridized carbons (Fsp3) is 0.304. The normalized spacial score (nSPS) is 23.9. The summed E-state index contributed by atoms with van der Waals surface area (Å²) in [6.45, 7) is 2.62. The number of carbonyl (C=O) groups is 2. The zero-order valence-electron chi connectivity index (χ0n) is 16.0. The van der Waals surface area contributed by atoms with Gasteiger partial charge in [0.05, 0.1) is 0 Å². The molecular formula is C23H22ClN3O2. The van der Waals surface area contributed by atoms with Crippen LogP contribution in [0.1, 0.15) is 35.2 Å². The summed E-state index contributed by atoms with van der Waals surface area (Å²) in [5.74, 6) is -0.355. The van der Waals surface area contributed by atoms with Gasteiger partial charge in [0.15, 0.2) is 0 Å². The SMILES string of the molecule is O=C(NC1=C(c2ccc(Cl)cc2)C23CCCN2CCCN3C1=O)c1ccccc1. The van der Waals surface area contributed by atoms with E-state index in [9.17, 15) is 9.59 Å². The summed E-state index contributed by atoms with van der Waals surface area (Å²) in [4.78, 5) is 30.8. The van der Waals surface area contributed by atoms with Crippen molar-refractivity contribution in [2.24, 2.45) is 0 Å². The second-order valence-electron chi connectivity index (χ2n) is 7.79. The fourth-order valence-electron chi connectivity index (χ4n) is 5.08. The molecule has 0 radical (unpaired) electrons. The maximum atomic E-state index is 13.5. The zero-order chi connectivity index (χ0) is 20.0. The molecule has 3 heterocycles. The molecule has 3 aliphatic rings. The Bertz CT molecular complexity index is 1000. The van der Waals surface area contributed by atoms with E-state index < -0.39 is 5.66 Å². The summed E-state index contributed by atoms with van der Waals surface area (Å²) in [5, 5.41) is 3.61. The maximum absolute atomic E-state index is 13.5. The number of nitrogens with one attached hydrogen (secondary N) is 1. The van der Waals surface area contributed by atoms with Crippen molar-refractivity contribution < 1.29 is 9.59 Å². The van der Waals surface area contributed by atoms with Gasteiger partial charge in [-0.3, -0.25) is 14.5 Å². The van der Waals surface area contributed by atoms with Crippen molar-refractivity contribution in [2.75, 3.05) is 19.6 Å². The molecule has 0 bridgehead atoms. The van der Waals surface area contributed by atoms with E-state index in [1.807, 2.05) is 47.4 Å². The minimum atomic E-state index is -0.470. The van der Waals surface area contributed by atoms with Gasteiger partial charge in [0.2, 0.25) is 0 Å². The molecule has 1 N–H and O–H groups in total. The number of amides is 2. The highest BCUT2D eigenvalue weighted by atomic mass is 35.5. The van der Waals surface area contributed by atoms with Crippen LogP contribution < -0.4 is 5.32 Å². The Morgan fingerprint density at radius 2 is 1.69 bits per heavy atom. The molecule has 2 amide bonds. The Balaban J connectivity index is 1.65. The van der Waals surface area contributed by atoms with Gasteiger partial charge >= 0.3 is 0 Å². The molecule has 5 nitrogen and oxygen atoms in total. The van der Waals surface area contributed by atoms with Gasteiger partial charge in [-0.15, -0.1) is 0 Å². The monoisotopic (exact) mass is 407 g/mol. The van der Waals surface area contributed by atoms with Gasteiger partial charge in [0, 0.05) is 35.8 Å². The molecule has 1 spiro atoms. The Kier molecular flexibility index (Phi) is 4.45. The third-order valence-electron chi connectivity index (χ3n) is 6.25. The third kappa shape index (κ3) is 2.80. The molecular weight excluding hydrogens is 386 g/mol. The van der Waals surface area contributed by atoms with E-state index in [0.29, 0.717) is 22.8 Å². The lowest BCUT2D eigenvalue weighted by Crippen LogP contribution is -2.60. The van der Waals surface area contributed by atoms with Crippen molar-refractivity contribution in [3.63, 3.8) is 0 Å². The van der Waals surface area contributed by atoms with E-state index >= 15 is 0 Å². The van der Waals surface area contributed by atoms with E-state index in [1.54, 1.807) is 12.1 Å². The van der Waals surface area contributed by atoms with Crippen LogP contribution >= 0.6 is 11.6 Å². The smallest absolute Gasteiger partial charge is 0.272 e. The number of benzene rings is 2. The first-order chi connectivity index (χ1) is 14.1. The number of nitrogens with zero attached hydrogens (tertiary/aromatic N) is 2. The van der Waals surface area contributed by atoms with E-state index in [1.165, 1.54) is 0 Å². The summed E-state index contributed by atoms with van der Waals surface area (Å²) < 4.78 is 0. The van der Waals surface area contributed by atoms with E-state index in [-0.39, 0.29) is 11.8 Å². The second kappa shape index (κ2) is 7.01. The minimum absolute atomic E-state index is 0.0918. The van der Waals surface area contributed by atoms with Gasteiger partial charge in [-0.2, -0.15) is 0 Å². The summed E-state index contributed by atoms with van der Waals surface area (Å²) in [6.07, 6.45) is 2.85. The standard InChI is InChI=1S/C23H22ClN3O2/c24-18-10-8-16(9-11-18)19-20(25-21(28)17-6-2-1-3-7-17)22(29)27-15-5-14-26-13-4-12-23(19,26)27/h1-3,6-11H,4-5,12-15H2,(H,25,28). The third-order valence-corrected chi connectivity index (χ3v) is 6.50. The van der Waals surface area contributed by atoms with Crippen molar-refractivity contribution in [3.8, 4) is 0 Å². The van der Waals surface area contributed by atoms with Crippen molar-refractivity contribution in [1.29, 1.82) is 0 Å². The summed E-state index contributed by atoms with van der Waals surface area (Å²) in [6, 6.07) is 16.6. The van der Waals surface area contributed by atoms with Crippen LogP contribution in [0.3, 0.4) is 0 Å². The molecule has 0 saturated carbocycles. The van der Waals surface area contributed by atoms with Crippen LogP contribution in [-0.4, -0.2) is 46.9 Å². The molecule has 1 atom stereocenters. The summed E-state index contributed by atoms with van der Waals surface area (Å²) in [7, 11) is 0. The van der Waals surface area contributed by atoms with Crippen LogP contribution in [0, 0.1) is 0 Å². The highest BCUT2D eigenvalue weighted by Gasteiger charge is 2.58. The lowest BCUT2D eigenvalue weighted by molar-refractivity contribution is -0.137. The largest absolute Gasteiger partial charge is 0.317 e. The molecule has 2 aromatic rings. The minimum Gasteiger partial charge on any atom is -0.317 e. The Hall–Kier alpha value is -2.63. The molecule has 148 valence electrons. The molecule has 6 heteroatoms. The van der Waals surface area contributed by atoms with Gasteiger partial charge in [-0.05, 0) is 49.1 Å². The van der Waals surface area contributed by atoms with Crippen molar-refractivity contribution in [1.82, 2.24) is 15.1 Å². The number of rotatable bonds is 3. The topological polar surface area (TPSA) is 52.7 Å². The predicted molar refractivity (Wildman–Crippen MR) is 112 cm³/mol. The first-order valence-electron chi connectivity index (χ1n) is 10.1. The molecule has 5 rings (SSSR count). The summed E-state index contributed by atoms with van der Waals surface area (Å²) >= 11 is 6.12. The van der Waals surface area contributed by atoms with Gasteiger partial charge < -0.3 is 10.2 Å². The molecule has 2 saturated heterocycles. The van der Waals surface area contributed by atoms with Gasteiger partial charge in [-0.25, -0.2) is 0 Å². The quantitative estimate of drug-likeness (QED) is 0.847. The van der Waals surface area contributed by atoms with Gasteiger partial charge in [0.1, 0.15) is 11.4 Å². The Morgan fingerprint density at radius 3 is 2.45 bits per heavy atom. The lowest BCUT2D eigenvalue weighted by atomic mass is 9.89. The molecule has 2 aromatic carbocycles. The van der Waals surface area contributed by atoms with E-state index in [4.69, 9.17) is 11.6 Å². The Morgan fingerprint density at radius 1 is 0.966 bits per heavy atom. The molecule has 29 heavy (non-hydrogen) atoms. The zero-order valence-corrected chi connectivity index (χ0v) is 16.8. The van der Waals surface area contributed by atoms with Crippen LogP contribution in [0.2, 0.25) is 5.02 Å². The predicted octanol–water partition coefficient (Wildman–Crippen LogP) is 3.52. The van der Waals surface area contributed by atoms with Crippen LogP contribution in [0.25, 0.3) is 5.57 Å². The van der Waals surface area contributed by atoms with Gasteiger partial charge in [-0.1, -0.05) is 41.9 Å². The van der Waals surface area contributed by atoms with Crippen molar-refractivity contribution >= 4 is 29.0 Å².